The molecule has 0 saturated heterocycles. The third-order valence-corrected chi connectivity index (χ3v) is 2.55. The lowest BCUT2D eigenvalue weighted by Crippen LogP contribution is -2.30. The highest BCUT2D eigenvalue weighted by Crippen LogP contribution is 2.11. The fourth-order valence-electron chi connectivity index (χ4n) is 1.45. The summed E-state index contributed by atoms with van der Waals surface area (Å²) in [6.07, 6.45) is 0. The van der Waals surface area contributed by atoms with E-state index in [1.165, 1.54) is 5.56 Å². The summed E-state index contributed by atoms with van der Waals surface area (Å²) in [7, 11) is 0. The fraction of sp³-hybridized carbons (Fsp3) is 0.500. The average molecular weight is 235 g/mol. The quantitative estimate of drug-likeness (QED) is 0.796. The normalized spacial score (nSPS) is 10.6. The van der Waals surface area contributed by atoms with E-state index in [9.17, 15) is 4.79 Å². The zero-order chi connectivity index (χ0) is 12.8. The Kier molecular flexibility index (Phi) is 5.16. The van der Waals surface area contributed by atoms with Crippen LogP contribution in [-0.4, -0.2) is 18.6 Å². The molecular weight excluding hydrogens is 214 g/mol. The highest BCUT2D eigenvalue weighted by Gasteiger charge is 2.05. The Hall–Kier alpha value is -1.35. The first-order chi connectivity index (χ1) is 7.99. The summed E-state index contributed by atoms with van der Waals surface area (Å²) in [6.45, 7) is 8.67. The first kappa shape index (κ1) is 13.7. The van der Waals surface area contributed by atoms with Gasteiger partial charge in [0.25, 0.3) is 0 Å². The van der Waals surface area contributed by atoms with Crippen LogP contribution in [0.25, 0.3) is 0 Å². The zero-order valence-electron chi connectivity index (χ0n) is 11.0. The standard InChI is InChI=1S/C14H21NO2/c1-10(2)15-8-14(16)17-9-13-7-11(3)5-6-12(13)4/h5-7,10,15H,8-9H2,1-4H3. The van der Waals surface area contributed by atoms with Gasteiger partial charge in [0.15, 0.2) is 0 Å². The Morgan fingerprint density at radius 2 is 2.06 bits per heavy atom. The van der Waals surface area contributed by atoms with Gasteiger partial charge in [0, 0.05) is 6.04 Å². The van der Waals surface area contributed by atoms with Crippen LogP contribution in [-0.2, 0) is 16.1 Å². The summed E-state index contributed by atoms with van der Waals surface area (Å²) in [5.41, 5.74) is 3.41. The van der Waals surface area contributed by atoms with Crippen molar-refractivity contribution < 1.29 is 9.53 Å². The third-order valence-electron chi connectivity index (χ3n) is 2.55. The second-order valence-electron chi connectivity index (χ2n) is 4.63. The van der Waals surface area contributed by atoms with Crippen molar-refractivity contribution >= 4 is 5.97 Å². The number of carbonyl (C=O) groups excluding carboxylic acids is 1. The lowest BCUT2D eigenvalue weighted by atomic mass is 10.1. The zero-order valence-corrected chi connectivity index (χ0v) is 11.0. The minimum Gasteiger partial charge on any atom is -0.460 e. The Morgan fingerprint density at radius 1 is 1.35 bits per heavy atom. The number of benzene rings is 1. The predicted octanol–water partition coefficient (Wildman–Crippen LogP) is 2.34. The van der Waals surface area contributed by atoms with Gasteiger partial charge >= 0.3 is 5.97 Å². The van der Waals surface area contributed by atoms with Gasteiger partial charge in [-0.25, -0.2) is 0 Å². The Balaban J connectivity index is 2.44. The lowest BCUT2D eigenvalue weighted by molar-refractivity contribution is -0.143. The SMILES string of the molecule is Cc1ccc(C)c(COC(=O)CNC(C)C)c1. The fourth-order valence-corrected chi connectivity index (χ4v) is 1.45. The molecule has 0 heterocycles. The van der Waals surface area contributed by atoms with Crippen molar-refractivity contribution in [2.45, 2.75) is 40.3 Å². The maximum Gasteiger partial charge on any atom is 0.320 e. The average Bonchev–Trinajstić information content (AvgIpc) is 2.27. The minimum absolute atomic E-state index is 0.209. The molecule has 1 aromatic rings. The third kappa shape index (κ3) is 5.00. The first-order valence-corrected chi connectivity index (χ1v) is 5.94. The molecule has 3 heteroatoms. The topological polar surface area (TPSA) is 38.3 Å². The molecule has 0 aliphatic rings. The van der Waals surface area contributed by atoms with Crippen molar-refractivity contribution in [1.29, 1.82) is 0 Å². The maximum absolute atomic E-state index is 11.4. The van der Waals surface area contributed by atoms with E-state index in [2.05, 4.69) is 17.4 Å². The van der Waals surface area contributed by atoms with Crippen molar-refractivity contribution in [3.8, 4) is 0 Å². The molecule has 17 heavy (non-hydrogen) atoms. The molecule has 3 nitrogen and oxygen atoms in total. The number of ether oxygens (including phenoxy) is 1. The van der Waals surface area contributed by atoms with Crippen LogP contribution < -0.4 is 5.32 Å². The van der Waals surface area contributed by atoms with Gasteiger partial charge < -0.3 is 10.1 Å². The second kappa shape index (κ2) is 6.40. The van der Waals surface area contributed by atoms with Crippen molar-refractivity contribution in [2.75, 3.05) is 6.54 Å². The van der Waals surface area contributed by atoms with Crippen LogP contribution in [0, 0.1) is 13.8 Å². The Labute approximate surface area is 103 Å². The molecule has 0 aliphatic carbocycles. The van der Waals surface area contributed by atoms with Gasteiger partial charge in [0.05, 0.1) is 6.54 Å². The van der Waals surface area contributed by atoms with Gasteiger partial charge in [-0.3, -0.25) is 4.79 Å². The van der Waals surface area contributed by atoms with Gasteiger partial charge in [-0.05, 0) is 25.0 Å². The van der Waals surface area contributed by atoms with Gasteiger partial charge in [-0.2, -0.15) is 0 Å². The van der Waals surface area contributed by atoms with Crippen LogP contribution in [0.5, 0.6) is 0 Å². The molecule has 0 atom stereocenters. The summed E-state index contributed by atoms with van der Waals surface area (Å²) in [5, 5.41) is 3.03. The molecule has 0 amide bonds. The highest BCUT2D eigenvalue weighted by molar-refractivity contribution is 5.71. The van der Waals surface area contributed by atoms with Crippen LogP contribution in [0.3, 0.4) is 0 Å². The number of hydrogen-bond acceptors (Lipinski definition) is 3. The van der Waals surface area contributed by atoms with Crippen molar-refractivity contribution in [3.63, 3.8) is 0 Å². The molecule has 0 aromatic heterocycles. The van der Waals surface area contributed by atoms with Gasteiger partial charge in [-0.15, -0.1) is 0 Å². The number of hydrogen-bond donors (Lipinski definition) is 1. The summed E-state index contributed by atoms with van der Waals surface area (Å²) in [5.74, 6) is -0.209. The minimum atomic E-state index is -0.209. The molecule has 1 aromatic carbocycles. The number of rotatable bonds is 5. The van der Waals surface area contributed by atoms with Crippen LogP contribution in [0.1, 0.15) is 30.5 Å². The van der Waals surface area contributed by atoms with E-state index in [-0.39, 0.29) is 12.5 Å². The van der Waals surface area contributed by atoms with E-state index < -0.39 is 0 Å². The van der Waals surface area contributed by atoms with Crippen molar-refractivity contribution in [3.05, 3.63) is 34.9 Å². The largest absolute Gasteiger partial charge is 0.460 e. The van der Waals surface area contributed by atoms with Crippen LogP contribution in [0.2, 0.25) is 0 Å². The summed E-state index contributed by atoms with van der Waals surface area (Å²) in [6, 6.07) is 6.45. The molecule has 0 spiro atoms. The predicted molar refractivity (Wildman–Crippen MR) is 68.9 cm³/mol. The van der Waals surface area contributed by atoms with Crippen LogP contribution in [0.4, 0.5) is 0 Å². The van der Waals surface area contributed by atoms with Gasteiger partial charge in [0.2, 0.25) is 0 Å². The van der Waals surface area contributed by atoms with Crippen LogP contribution >= 0.6 is 0 Å². The molecule has 0 saturated carbocycles. The van der Waals surface area contributed by atoms with E-state index in [1.807, 2.05) is 33.8 Å². The maximum atomic E-state index is 11.4. The molecular formula is C14H21NO2. The van der Waals surface area contributed by atoms with E-state index >= 15 is 0 Å². The molecule has 0 fully saturated rings. The number of aryl methyl sites for hydroxylation is 2. The second-order valence-corrected chi connectivity index (χ2v) is 4.63. The van der Waals surface area contributed by atoms with E-state index in [0.29, 0.717) is 12.6 Å². The van der Waals surface area contributed by atoms with E-state index in [1.54, 1.807) is 0 Å². The molecule has 0 aliphatic heterocycles. The Morgan fingerprint density at radius 3 is 2.71 bits per heavy atom. The van der Waals surface area contributed by atoms with Gasteiger partial charge in [0.1, 0.15) is 6.61 Å². The highest BCUT2D eigenvalue weighted by atomic mass is 16.5. The number of carbonyl (C=O) groups is 1. The van der Waals surface area contributed by atoms with E-state index in [4.69, 9.17) is 4.74 Å². The molecule has 0 unspecified atom stereocenters. The summed E-state index contributed by atoms with van der Waals surface area (Å²) < 4.78 is 5.21. The monoisotopic (exact) mass is 235 g/mol. The molecule has 1 rings (SSSR count). The molecule has 0 radical (unpaired) electrons. The first-order valence-electron chi connectivity index (χ1n) is 5.94. The molecule has 94 valence electrons. The van der Waals surface area contributed by atoms with Crippen molar-refractivity contribution in [1.82, 2.24) is 5.32 Å². The van der Waals surface area contributed by atoms with E-state index in [0.717, 1.165) is 11.1 Å². The lowest BCUT2D eigenvalue weighted by Gasteiger charge is -2.10. The molecule has 1 N–H and O–H groups in total. The Bertz CT molecular complexity index is 386. The smallest absolute Gasteiger partial charge is 0.320 e. The van der Waals surface area contributed by atoms with Crippen molar-refractivity contribution in [2.24, 2.45) is 0 Å². The summed E-state index contributed by atoms with van der Waals surface area (Å²) >= 11 is 0. The number of nitrogens with one attached hydrogen (secondary N) is 1. The summed E-state index contributed by atoms with van der Waals surface area (Å²) in [4.78, 5) is 11.4. The van der Waals surface area contributed by atoms with Gasteiger partial charge in [-0.1, -0.05) is 37.6 Å². The number of esters is 1. The van der Waals surface area contributed by atoms with Crippen LogP contribution in [0.15, 0.2) is 18.2 Å². The molecule has 0 bridgehead atoms.